The first-order valence-electron chi connectivity index (χ1n) is 6.96. The van der Waals surface area contributed by atoms with Crippen molar-refractivity contribution in [2.75, 3.05) is 17.8 Å². The number of ether oxygens (including phenoxy) is 1. The average molecular weight is 340 g/mol. The van der Waals surface area contributed by atoms with E-state index in [-0.39, 0.29) is 12.5 Å². The minimum Gasteiger partial charge on any atom is -0.483 e. The summed E-state index contributed by atoms with van der Waals surface area (Å²) >= 11 is 7.00. The van der Waals surface area contributed by atoms with E-state index in [9.17, 15) is 4.79 Å². The third kappa shape index (κ3) is 4.96. The quantitative estimate of drug-likeness (QED) is 0.786. The number of carbonyl (C=O) groups is 1. The number of aryl methyl sites for hydroxylation is 3. The van der Waals surface area contributed by atoms with Crippen molar-refractivity contribution in [2.24, 2.45) is 0 Å². The van der Waals surface area contributed by atoms with Crippen molar-refractivity contribution in [2.45, 2.75) is 26.7 Å². The summed E-state index contributed by atoms with van der Waals surface area (Å²) in [6.45, 7) is 3.87. The molecule has 0 radical (unpaired) electrons. The molecule has 1 N–H and O–H groups in total. The molecule has 22 heavy (non-hydrogen) atoms. The van der Waals surface area contributed by atoms with Crippen molar-refractivity contribution < 1.29 is 9.53 Å². The van der Waals surface area contributed by atoms with Gasteiger partial charge in [-0.2, -0.15) is 0 Å². The lowest BCUT2D eigenvalue weighted by Crippen LogP contribution is -2.20. The predicted octanol–water partition coefficient (Wildman–Crippen LogP) is 3.34. The molecule has 0 saturated carbocycles. The molecule has 7 heteroatoms. The summed E-state index contributed by atoms with van der Waals surface area (Å²) in [7, 11) is 0. The van der Waals surface area contributed by atoms with Crippen LogP contribution in [0, 0.1) is 13.8 Å². The van der Waals surface area contributed by atoms with E-state index in [0.717, 1.165) is 34.7 Å². The van der Waals surface area contributed by atoms with Crippen LogP contribution in [0.4, 0.5) is 5.13 Å². The van der Waals surface area contributed by atoms with E-state index in [2.05, 4.69) is 15.5 Å². The maximum absolute atomic E-state index is 11.9. The number of benzene rings is 1. The topological polar surface area (TPSA) is 64.1 Å². The Labute approximate surface area is 138 Å². The highest BCUT2D eigenvalue weighted by molar-refractivity contribution is 7.15. The molecule has 1 heterocycles. The second kappa shape index (κ2) is 8.10. The molecule has 0 fully saturated rings. The molecule has 0 aliphatic rings. The molecule has 1 aromatic carbocycles. The average Bonchev–Trinajstić information content (AvgIpc) is 2.93. The van der Waals surface area contributed by atoms with Crippen LogP contribution in [-0.2, 0) is 11.2 Å². The zero-order valence-electron chi connectivity index (χ0n) is 12.6. The largest absolute Gasteiger partial charge is 0.483 e. The molecule has 5 nitrogen and oxygen atoms in total. The molecule has 0 aliphatic carbocycles. The number of amides is 1. The van der Waals surface area contributed by atoms with E-state index in [1.165, 1.54) is 11.3 Å². The van der Waals surface area contributed by atoms with Gasteiger partial charge in [0.1, 0.15) is 10.8 Å². The molecular weight excluding hydrogens is 322 g/mol. The molecule has 0 saturated heterocycles. The molecule has 2 rings (SSSR count). The first-order valence-corrected chi connectivity index (χ1v) is 8.32. The number of halogens is 1. The summed E-state index contributed by atoms with van der Waals surface area (Å²) in [6.07, 6.45) is 1.62. The highest BCUT2D eigenvalue weighted by Gasteiger charge is 2.09. The number of nitrogens with one attached hydrogen (secondary N) is 1. The van der Waals surface area contributed by atoms with Crippen molar-refractivity contribution in [3.05, 3.63) is 34.3 Å². The first kappa shape index (κ1) is 16.7. The Kier molecular flexibility index (Phi) is 6.15. The number of hydrogen-bond acceptors (Lipinski definition) is 5. The van der Waals surface area contributed by atoms with Gasteiger partial charge in [-0.25, -0.2) is 0 Å². The third-order valence-corrected chi connectivity index (χ3v) is 4.11. The zero-order valence-corrected chi connectivity index (χ0v) is 14.1. The number of hydrogen-bond donors (Lipinski definition) is 1. The van der Waals surface area contributed by atoms with Crippen molar-refractivity contribution in [1.82, 2.24) is 10.2 Å². The van der Waals surface area contributed by atoms with Crippen LogP contribution in [0.5, 0.6) is 5.75 Å². The summed E-state index contributed by atoms with van der Waals surface area (Å²) in [5.41, 5.74) is 2.09. The number of carbonyl (C=O) groups excluding carboxylic acids is 1. The molecular formula is C15H18ClN3O2S. The molecule has 1 aromatic heterocycles. The molecule has 0 unspecified atom stereocenters. The number of anilines is 1. The van der Waals surface area contributed by atoms with Gasteiger partial charge in [0.05, 0.1) is 0 Å². The lowest BCUT2D eigenvalue weighted by Gasteiger charge is -2.09. The van der Waals surface area contributed by atoms with Crippen molar-refractivity contribution >= 4 is 34.0 Å². The van der Waals surface area contributed by atoms with E-state index >= 15 is 0 Å². The van der Waals surface area contributed by atoms with Crippen molar-refractivity contribution in [3.8, 4) is 5.75 Å². The van der Waals surface area contributed by atoms with Gasteiger partial charge in [0.25, 0.3) is 5.91 Å². The van der Waals surface area contributed by atoms with E-state index in [1.54, 1.807) is 0 Å². The van der Waals surface area contributed by atoms with Crippen LogP contribution in [0.25, 0.3) is 0 Å². The monoisotopic (exact) mass is 339 g/mol. The zero-order chi connectivity index (χ0) is 15.9. The smallest absolute Gasteiger partial charge is 0.264 e. The fourth-order valence-electron chi connectivity index (χ4n) is 1.78. The van der Waals surface area contributed by atoms with E-state index in [0.29, 0.717) is 11.0 Å². The predicted molar refractivity (Wildman–Crippen MR) is 89.0 cm³/mol. The highest BCUT2D eigenvalue weighted by Crippen LogP contribution is 2.20. The van der Waals surface area contributed by atoms with Gasteiger partial charge in [-0.1, -0.05) is 23.5 Å². The number of nitrogens with zero attached hydrogens (tertiary/aromatic N) is 2. The van der Waals surface area contributed by atoms with Gasteiger partial charge in [-0.05, 0) is 37.5 Å². The molecule has 0 bridgehead atoms. The second-order valence-electron chi connectivity index (χ2n) is 4.90. The van der Waals surface area contributed by atoms with Gasteiger partial charge in [-0.15, -0.1) is 21.8 Å². The van der Waals surface area contributed by atoms with Gasteiger partial charge in [0.2, 0.25) is 5.13 Å². The van der Waals surface area contributed by atoms with E-state index in [4.69, 9.17) is 16.3 Å². The minimum absolute atomic E-state index is 0.0547. The summed E-state index contributed by atoms with van der Waals surface area (Å²) in [5.74, 6) is 1.06. The van der Waals surface area contributed by atoms with Gasteiger partial charge in [0.15, 0.2) is 6.61 Å². The van der Waals surface area contributed by atoms with Crippen LogP contribution in [0.15, 0.2) is 18.2 Å². The summed E-state index contributed by atoms with van der Waals surface area (Å²) in [5, 5.41) is 12.0. The van der Waals surface area contributed by atoms with Gasteiger partial charge in [-0.3, -0.25) is 10.1 Å². The number of alkyl halides is 1. The molecule has 2 aromatic rings. The minimum atomic E-state index is -0.249. The molecule has 118 valence electrons. The van der Waals surface area contributed by atoms with Gasteiger partial charge >= 0.3 is 0 Å². The molecule has 0 atom stereocenters. The Balaban J connectivity index is 1.85. The second-order valence-corrected chi connectivity index (χ2v) is 6.34. The lowest BCUT2D eigenvalue weighted by atomic mass is 10.1. The third-order valence-electron chi connectivity index (χ3n) is 2.94. The molecule has 1 amide bonds. The van der Waals surface area contributed by atoms with Crippen molar-refractivity contribution in [1.29, 1.82) is 0 Å². The Morgan fingerprint density at radius 1 is 1.36 bits per heavy atom. The highest BCUT2D eigenvalue weighted by atomic mass is 35.5. The van der Waals surface area contributed by atoms with Crippen LogP contribution in [0.3, 0.4) is 0 Å². The first-order chi connectivity index (χ1) is 10.6. The van der Waals surface area contributed by atoms with Gasteiger partial charge in [0, 0.05) is 12.3 Å². The van der Waals surface area contributed by atoms with Crippen LogP contribution in [-0.4, -0.2) is 28.6 Å². The number of aromatic nitrogens is 2. The molecule has 0 aliphatic heterocycles. The number of rotatable bonds is 7. The SMILES string of the molecule is Cc1ccc(C)c(OCC(=O)Nc2nnc(CCCCl)s2)c1. The maximum atomic E-state index is 11.9. The van der Waals surface area contributed by atoms with E-state index < -0.39 is 0 Å². The summed E-state index contributed by atoms with van der Waals surface area (Å²) in [4.78, 5) is 11.9. The standard InChI is InChI=1S/C15H18ClN3O2S/c1-10-5-6-11(2)12(8-10)21-9-13(20)17-15-19-18-14(22-15)4-3-7-16/h5-6,8H,3-4,7,9H2,1-2H3,(H,17,19,20). The van der Waals surface area contributed by atoms with Gasteiger partial charge < -0.3 is 4.74 Å². The summed E-state index contributed by atoms with van der Waals surface area (Å²) < 4.78 is 5.55. The fourth-order valence-corrected chi connectivity index (χ4v) is 2.72. The van der Waals surface area contributed by atoms with Crippen LogP contribution < -0.4 is 10.1 Å². The lowest BCUT2D eigenvalue weighted by molar-refractivity contribution is -0.118. The Morgan fingerprint density at radius 2 is 2.18 bits per heavy atom. The van der Waals surface area contributed by atoms with Crippen molar-refractivity contribution in [3.63, 3.8) is 0 Å². The Morgan fingerprint density at radius 3 is 2.95 bits per heavy atom. The Hall–Kier alpha value is -1.66. The fraction of sp³-hybridized carbons (Fsp3) is 0.400. The summed E-state index contributed by atoms with van der Waals surface area (Å²) in [6, 6.07) is 5.89. The van der Waals surface area contributed by atoms with Crippen LogP contribution >= 0.6 is 22.9 Å². The Bertz CT molecular complexity index is 645. The van der Waals surface area contributed by atoms with Crippen LogP contribution in [0.2, 0.25) is 0 Å². The maximum Gasteiger partial charge on any atom is 0.264 e. The molecule has 0 spiro atoms. The van der Waals surface area contributed by atoms with Crippen LogP contribution in [0.1, 0.15) is 22.6 Å². The van der Waals surface area contributed by atoms with E-state index in [1.807, 2.05) is 32.0 Å². The normalized spacial score (nSPS) is 10.5.